The van der Waals surface area contributed by atoms with Gasteiger partial charge in [0.05, 0.1) is 0 Å². The third-order valence-corrected chi connectivity index (χ3v) is 2.15. The molecule has 0 amide bonds. The Balaban J connectivity index is 2.48. The van der Waals surface area contributed by atoms with Crippen molar-refractivity contribution in [3.05, 3.63) is 42.0 Å². The quantitative estimate of drug-likeness (QED) is 0.762. The predicted octanol–water partition coefficient (Wildman–Crippen LogP) is 2.85. The van der Waals surface area contributed by atoms with Gasteiger partial charge in [0.2, 0.25) is 0 Å². The molecule has 0 bridgehead atoms. The number of hydrogen-bond donors (Lipinski definition) is 1. The average Bonchev–Trinajstić information content (AvgIpc) is 2.62. The monoisotopic (exact) mass is 202 g/mol. The van der Waals surface area contributed by atoms with E-state index in [-0.39, 0.29) is 17.3 Å². The zero-order chi connectivity index (χ0) is 10.8. The van der Waals surface area contributed by atoms with Gasteiger partial charge in [-0.2, -0.15) is 0 Å². The van der Waals surface area contributed by atoms with Crippen LogP contribution in [0.4, 0.5) is 0 Å². The minimum absolute atomic E-state index is 0.210. The Morgan fingerprint density at radius 1 is 1.27 bits per heavy atom. The first-order valence-corrected chi connectivity index (χ1v) is 4.57. The highest BCUT2D eigenvalue weighted by Crippen LogP contribution is 2.29. The van der Waals surface area contributed by atoms with Gasteiger partial charge in [0.1, 0.15) is 11.3 Å². The van der Waals surface area contributed by atoms with E-state index in [2.05, 4.69) is 0 Å². The number of benzene rings is 1. The number of rotatable bonds is 2. The second-order valence-corrected chi connectivity index (χ2v) is 3.25. The fourth-order valence-electron chi connectivity index (χ4n) is 1.38. The molecule has 0 saturated heterocycles. The molecule has 0 fully saturated rings. The van der Waals surface area contributed by atoms with Crippen LogP contribution in [-0.4, -0.2) is 10.9 Å². The SMILES string of the molecule is CC(=O)c1cc(-c2ccccc2)oc1O. The van der Waals surface area contributed by atoms with Crippen LogP contribution in [0.25, 0.3) is 11.3 Å². The zero-order valence-electron chi connectivity index (χ0n) is 8.23. The van der Waals surface area contributed by atoms with E-state index in [9.17, 15) is 9.90 Å². The molecule has 0 aliphatic heterocycles. The van der Waals surface area contributed by atoms with E-state index in [1.807, 2.05) is 30.3 Å². The molecule has 1 aromatic carbocycles. The molecule has 0 aliphatic carbocycles. The molecule has 0 saturated carbocycles. The number of Topliss-reactive ketones (excluding diaryl/α,β-unsaturated/α-hetero) is 1. The number of furan rings is 1. The standard InChI is InChI=1S/C12H10O3/c1-8(13)10-7-11(15-12(10)14)9-5-3-2-4-6-9/h2-7,14H,1H3. The number of carbonyl (C=O) groups excluding carboxylic acids is 1. The van der Waals surface area contributed by atoms with Crippen molar-refractivity contribution in [2.75, 3.05) is 0 Å². The van der Waals surface area contributed by atoms with Crippen molar-refractivity contribution in [1.29, 1.82) is 0 Å². The maximum atomic E-state index is 11.1. The first-order chi connectivity index (χ1) is 7.18. The van der Waals surface area contributed by atoms with Crippen LogP contribution in [0.3, 0.4) is 0 Å². The lowest BCUT2D eigenvalue weighted by Crippen LogP contribution is -1.87. The molecular formula is C12H10O3. The Kier molecular flexibility index (Phi) is 2.29. The molecule has 0 radical (unpaired) electrons. The van der Waals surface area contributed by atoms with Crippen LogP contribution in [0.1, 0.15) is 17.3 Å². The van der Waals surface area contributed by atoms with Gasteiger partial charge in [-0.25, -0.2) is 0 Å². The van der Waals surface area contributed by atoms with Crippen molar-refractivity contribution in [2.45, 2.75) is 6.92 Å². The highest BCUT2D eigenvalue weighted by molar-refractivity contribution is 5.97. The van der Waals surface area contributed by atoms with Gasteiger partial charge in [-0.05, 0) is 13.0 Å². The van der Waals surface area contributed by atoms with Crippen LogP contribution >= 0.6 is 0 Å². The van der Waals surface area contributed by atoms with E-state index < -0.39 is 0 Å². The summed E-state index contributed by atoms with van der Waals surface area (Å²) >= 11 is 0. The van der Waals surface area contributed by atoms with Crippen LogP contribution in [-0.2, 0) is 0 Å². The number of ketones is 1. The number of aromatic hydroxyl groups is 1. The van der Waals surface area contributed by atoms with E-state index in [1.165, 1.54) is 6.92 Å². The van der Waals surface area contributed by atoms with Gasteiger partial charge in [0.25, 0.3) is 5.95 Å². The Morgan fingerprint density at radius 2 is 1.93 bits per heavy atom. The summed E-state index contributed by atoms with van der Waals surface area (Å²) in [5.41, 5.74) is 1.05. The summed E-state index contributed by atoms with van der Waals surface area (Å²) in [7, 11) is 0. The van der Waals surface area contributed by atoms with Crippen molar-refractivity contribution in [2.24, 2.45) is 0 Å². The van der Waals surface area contributed by atoms with Crippen molar-refractivity contribution < 1.29 is 14.3 Å². The normalized spacial score (nSPS) is 10.2. The Bertz CT molecular complexity index is 483. The molecule has 1 heterocycles. The Hall–Kier alpha value is -2.03. The first kappa shape index (κ1) is 9.52. The minimum Gasteiger partial charge on any atom is -0.480 e. The molecule has 0 unspecified atom stereocenters. The fraction of sp³-hybridized carbons (Fsp3) is 0.0833. The summed E-state index contributed by atoms with van der Waals surface area (Å²) < 4.78 is 5.10. The smallest absolute Gasteiger partial charge is 0.293 e. The van der Waals surface area contributed by atoms with Gasteiger partial charge in [0.15, 0.2) is 5.78 Å². The van der Waals surface area contributed by atoms with Gasteiger partial charge in [0, 0.05) is 5.56 Å². The van der Waals surface area contributed by atoms with Crippen LogP contribution in [0.15, 0.2) is 40.8 Å². The molecule has 0 atom stereocenters. The van der Waals surface area contributed by atoms with Crippen molar-refractivity contribution >= 4 is 5.78 Å². The molecule has 15 heavy (non-hydrogen) atoms. The van der Waals surface area contributed by atoms with Crippen LogP contribution in [0.5, 0.6) is 5.95 Å². The maximum Gasteiger partial charge on any atom is 0.293 e. The molecule has 2 rings (SSSR count). The lowest BCUT2D eigenvalue weighted by molar-refractivity contribution is 0.101. The fourth-order valence-corrected chi connectivity index (χ4v) is 1.38. The second kappa shape index (κ2) is 3.61. The molecule has 3 nitrogen and oxygen atoms in total. The molecular weight excluding hydrogens is 192 g/mol. The number of carbonyl (C=O) groups is 1. The van der Waals surface area contributed by atoms with E-state index in [1.54, 1.807) is 6.07 Å². The van der Waals surface area contributed by atoms with Crippen LogP contribution in [0, 0.1) is 0 Å². The molecule has 0 spiro atoms. The average molecular weight is 202 g/mol. The Labute approximate surface area is 87.0 Å². The molecule has 1 N–H and O–H groups in total. The molecule has 3 heteroatoms. The van der Waals surface area contributed by atoms with Gasteiger partial charge in [-0.3, -0.25) is 4.79 Å². The highest BCUT2D eigenvalue weighted by Gasteiger charge is 2.14. The largest absolute Gasteiger partial charge is 0.480 e. The minimum atomic E-state index is -0.318. The van der Waals surface area contributed by atoms with Gasteiger partial charge in [-0.1, -0.05) is 30.3 Å². The highest BCUT2D eigenvalue weighted by atomic mass is 16.5. The van der Waals surface area contributed by atoms with E-state index in [0.29, 0.717) is 5.76 Å². The van der Waals surface area contributed by atoms with Crippen molar-refractivity contribution in [3.8, 4) is 17.3 Å². The van der Waals surface area contributed by atoms with Crippen LogP contribution < -0.4 is 0 Å². The number of hydrogen-bond acceptors (Lipinski definition) is 3. The predicted molar refractivity (Wildman–Crippen MR) is 55.8 cm³/mol. The lowest BCUT2D eigenvalue weighted by Gasteiger charge is -1.93. The topological polar surface area (TPSA) is 50.4 Å². The third-order valence-electron chi connectivity index (χ3n) is 2.15. The van der Waals surface area contributed by atoms with Gasteiger partial charge >= 0.3 is 0 Å². The van der Waals surface area contributed by atoms with Gasteiger partial charge in [-0.15, -0.1) is 0 Å². The molecule has 1 aromatic heterocycles. The second-order valence-electron chi connectivity index (χ2n) is 3.25. The Morgan fingerprint density at radius 3 is 2.47 bits per heavy atom. The van der Waals surface area contributed by atoms with Crippen molar-refractivity contribution in [3.63, 3.8) is 0 Å². The van der Waals surface area contributed by atoms with E-state index in [4.69, 9.17) is 4.42 Å². The molecule has 0 aliphatic rings. The van der Waals surface area contributed by atoms with Gasteiger partial charge < -0.3 is 9.52 Å². The van der Waals surface area contributed by atoms with E-state index >= 15 is 0 Å². The summed E-state index contributed by atoms with van der Waals surface area (Å²) in [6, 6.07) is 10.9. The van der Waals surface area contributed by atoms with Crippen molar-refractivity contribution in [1.82, 2.24) is 0 Å². The molecule has 2 aromatic rings. The lowest BCUT2D eigenvalue weighted by atomic mass is 10.1. The summed E-state index contributed by atoms with van der Waals surface area (Å²) in [4.78, 5) is 11.1. The zero-order valence-corrected chi connectivity index (χ0v) is 8.23. The summed E-state index contributed by atoms with van der Waals surface area (Å²) in [5, 5.41) is 9.38. The van der Waals surface area contributed by atoms with E-state index in [0.717, 1.165) is 5.56 Å². The third kappa shape index (κ3) is 1.76. The summed E-state index contributed by atoms with van der Waals surface area (Å²) in [6.07, 6.45) is 0. The maximum absolute atomic E-state index is 11.1. The first-order valence-electron chi connectivity index (χ1n) is 4.57. The summed E-state index contributed by atoms with van der Waals surface area (Å²) in [5.74, 6) is -0.0296. The summed E-state index contributed by atoms with van der Waals surface area (Å²) in [6.45, 7) is 1.39. The van der Waals surface area contributed by atoms with Crippen LogP contribution in [0.2, 0.25) is 0 Å². The molecule has 76 valence electrons.